The maximum Gasteiger partial charge on any atom is 0.150 e. The fourth-order valence-corrected chi connectivity index (χ4v) is 4.14. The van der Waals surface area contributed by atoms with Gasteiger partial charge in [0.05, 0.1) is 18.9 Å². The molecule has 1 unspecified atom stereocenters. The lowest BCUT2D eigenvalue weighted by Gasteiger charge is -2.37. The van der Waals surface area contributed by atoms with Gasteiger partial charge in [0.2, 0.25) is 0 Å². The number of hydrogen-bond acceptors (Lipinski definition) is 8. The van der Waals surface area contributed by atoms with E-state index in [2.05, 4.69) is 46.5 Å². The molecule has 0 saturated carbocycles. The van der Waals surface area contributed by atoms with Gasteiger partial charge in [0, 0.05) is 43.4 Å². The molecule has 0 bridgehead atoms. The number of aliphatic imine (C=N–C) groups is 1. The molecule has 0 radical (unpaired) electrons. The van der Waals surface area contributed by atoms with E-state index in [4.69, 9.17) is 20.9 Å². The number of rotatable bonds is 8. The number of ether oxygens (including phenoxy) is 2. The summed E-state index contributed by atoms with van der Waals surface area (Å²) in [6.07, 6.45) is 7.23. The molecule has 3 aliphatic heterocycles. The summed E-state index contributed by atoms with van der Waals surface area (Å²) in [6, 6.07) is 5.71. The van der Waals surface area contributed by atoms with Crippen molar-refractivity contribution < 1.29 is 14.6 Å². The van der Waals surface area contributed by atoms with Crippen molar-refractivity contribution in [2.45, 2.75) is 20.0 Å². The summed E-state index contributed by atoms with van der Waals surface area (Å²) < 4.78 is 11.4. The Morgan fingerprint density at radius 2 is 2.09 bits per heavy atom. The second-order valence-electron chi connectivity index (χ2n) is 8.69. The first kappa shape index (κ1) is 23.3. The molecule has 3 heterocycles. The molecule has 8 heteroatoms. The molecule has 1 fully saturated rings. The smallest absolute Gasteiger partial charge is 0.150 e. The molecule has 1 atom stereocenters. The third-order valence-electron chi connectivity index (χ3n) is 5.93. The number of aliphatic hydroxyl groups is 1. The van der Waals surface area contributed by atoms with Crippen LogP contribution in [0, 0.1) is 18.3 Å². The average Bonchev–Trinajstić information content (AvgIpc) is 3.27. The average molecular weight is 452 g/mol. The Morgan fingerprint density at radius 3 is 2.79 bits per heavy atom. The Balaban J connectivity index is 1.71. The fourth-order valence-electron chi connectivity index (χ4n) is 4.14. The quantitative estimate of drug-likeness (QED) is 0.514. The van der Waals surface area contributed by atoms with E-state index < -0.39 is 6.10 Å². The lowest BCUT2D eigenvalue weighted by atomic mass is 10.0. The predicted molar refractivity (Wildman–Crippen MR) is 129 cm³/mol. The van der Waals surface area contributed by atoms with Crippen molar-refractivity contribution in [1.82, 2.24) is 20.7 Å². The Kier molecular flexibility index (Phi) is 7.36. The fraction of sp³-hybridized carbons (Fsp3) is 0.480. The van der Waals surface area contributed by atoms with Crippen LogP contribution in [0.2, 0.25) is 0 Å². The molecule has 0 amide bonds. The number of allylic oxidation sites excluding steroid dienone is 1. The van der Waals surface area contributed by atoms with E-state index in [0.29, 0.717) is 37.0 Å². The van der Waals surface area contributed by atoms with E-state index in [0.717, 1.165) is 42.6 Å². The molecule has 3 N–H and O–H groups in total. The first-order valence-electron chi connectivity index (χ1n) is 11.5. The maximum atomic E-state index is 10.0. The number of hydrazine groups is 1. The number of terminal acetylenes is 1. The Bertz CT molecular complexity index is 1000. The number of hydrogen-bond donors (Lipinski definition) is 3. The van der Waals surface area contributed by atoms with E-state index in [1.165, 1.54) is 5.57 Å². The molecule has 0 spiro atoms. The van der Waals surface area contributed by atoms with Gasteiger partial charge < -0.3 is 24.8 Å². The van der Waals surface area contributed by atoms with Crippen LogP contribution in [0.1, 0.15) is 25.0 Å². The summed E-state index contributed by atoms with van der Waals surface area (Å²) in [6.45, 7) is 8.83. The van der Waals surface area contributed by atoms with Gasteiger partial charge in [-0.1, -0.05) is 19.8 Å². The third-order valence-corrected chi connectivity index (χ3v) is 5.93. The van der Waals surface area contributed by atoms with Crippen LogP contribution in [0.15, 0.2) is 46.5 Å². The standard InChI is InChI=1S/C25H33N5O3/c1-5-18-10-19(12-21(11-18)33-16-20(31)14-26-4)23-13-24(29-6-8-32-9-7-29)30-25(28-23)22(15-27-30)17(2)3/h1,10-13,17,20,26-27,31H,6-9,14-16H2,2-4H3. The van der Waals surface area contributed by atoms with Gasteiger partial charge in [0.25, 0.3) is 0 Å². The van der Waals surface area contributed by atoms with E-state index in [9.17, 15) is 5.11 Å². The lowest BCUT2D eigenvalue weighted by Crippen LogP contribution is -2.46. The van der Waals surface area contributed by atoms with Crippen LogP contribution in [0.25, 0.3) is 0 Å². The van der Waals surface area contributed by atoms with E-state index in [1.54, 1.807) is 7.05 Å². The van der Waals surface area contributed by atoms with Crippen molar-refractivity contribution in [2.24, 2.45) is 10.9 Å². The number of aliphatic hydroxyl groups excluding tert-OH is 1. The molecular formula is C25H33N5O3. The van der Waals surface area contributed by atoms with E-state index in [-0.39, 0.29) is 6.61 Å². The van der Waals surface area contributed by atoms with Crippen LogP contribution >= 0.6 is 0 Å². The number of nitrogens with one attached hydrogen (secondary N) is 2. The largest absolute Gasteiger partial charge is 0.491 e. The molecule has 8 nitrogen and oxygen atoms in total. The van der Waals surface area contributed by atoms with Crippen molar-refractivity contribution >= 4 is 5.71 Å². The molecule has 4 rings (SSSR count). The monoisotopic (exact) mass is 451 g/mol. The lowest BCUT2D eigenvalue weighted by molar-refractivity contribution is 0.0373. The van der Waals surface area contributed by atoms with Gasteiger partial charge in [0.1, 0.15) is 30.1 Å². The first-order chi connectivity index (χ1) is 16.0. The van der Waals surface area contributed by atoms with E-state index in [1.807, 2.05) is 18.2 Å². The Morgan fingerprint density at radius 1 is 1.30 bits per heavy atom. The minimum atomic E-state index is -0.607. The van der Waals surface area contributed by atoms with Crippen LogP contribution in [0.3, 0.4) is 0 Å². The first-order valence-corrected chi connectivity index (χ1v) is 11.5. The highest BCUT2D eigenvalue weighted by atomic mass is 16.5. The number of benzene rings is 1. The normalized spacial score (nSPS) is 19.3. The number of nitrogens with zero attached hydrogens (tertiary/aromatic N) is 3. The molecular weight excluding hydrogens is 418 g/mol. The zero-order chi connectivity index (χ0) is 23.4. The molecule has 1 saturated heterocycles. The van der Waals surface area contributed by atoms with E-state index >= 15 is 0 Å². The number of likely N-dealkylation sites (N-methyl/N-ethyl adjacent to an activating group) is 1. The highest BCUT2D eigenvalue weighted by Crippen LogP contribution is 2.32. The second kappa shape index (κ2) is 10.4. The number of fused-ring (bicyclic) bond motifs is 1. The topological polar surface area (TPSA) is 81.6 Å². The van der Waals surface area contributed by atoms with Gasteiger partial charge in [-0.15, -0.1) is 6.42 Å². The van der Waals surface area contributed by atoms with Crippen molar-refractivity contribution in [3.63, 3.8) is 0 Å². The zero-order valence-corrected chi connectivity index (χ0v) is 19.6. The Labute approximate surface area is 195 Å². The van der Waals surface area contributed by atoms with Gasteiger partial charge in [-0.2, -0.15) is 0 Å². The van der Waals surface area contributed by atoms with Crippen molar-refractivity contribution in [3.05, 3.63) is 52.6 Å². The van der Waals surface area contributed by atoms with Crippen molar-refractivity contribution in [1.29, 1.82) is 0 Å². The van der Waals surface area contributed by atoms with Crippen LogP contribution < -0.4 is 15.5 Å². The predicted octanol–water partition coefficient (Wildman–Crippen LogP) is 1.29. The van der Waals surface area contributed by atoms with Crippen LogP contribution in [-0.4, -0.2) is 79.9 Å². The molecule has 176 valence electrons. The van der Waals surface area contributed by atoms with Crippen LogP contribution in [0.5, 0.6) is 5.75 Å². The zero-order valence-electron chi connectivity index (χ0n) is 19.6. The molecule has 1 aromatic carbocycles. The molecule has 1 aromatic rings. The third kappa shape index (κ3) is 5.23. The molecule has 0 aliphatic carbocycles. The van der Waals surface area contributed by atoms with Crippen molar-refractivity contribution in [3.8, 4) is 18.1 Å². The SMILES string of the molecule is C#Cc1cc(OCC(O)CNC)cc(C2=NC3=C(C(C)C)CNN3C(N3CCOCC3)=C2)c1. The van der Waals surface area contributed by atoms with Crippen LogP contribution in [0.4, 0.5) is 0 Å². The molecule has 3 aliphatic rings. The Hall–Kier alpha value is -2.83. The van der Waals surface area contributed by atoms with Crippen molar-refractivity contribution in [2.75, 3.05) is 53.0 Å². The summed E-state index contributed by atoms with van der Waals surface area (Å²) in [5.74, 6) is 5.71. The summed E-state index contributed by atoms with van der Waals surface area (Å²) in [5, 5.41) is 15.1. The van der Waals surface area contributed by atoms with Gasteiger partial charge in [-0.25, -0.2) is 15.4 Å². The molecule has 0 aromatic heterocycles. The number of morpholine rings is 1. The molecule has 33 heavy (non-hydrogen) atoms. The second-order valence-corrected chi connectivity index (χ2v) is 8.69. The van der Waals surface area contributed by atoms with Gasteiger partial charge in [-0.05, 0) is 36.7 Å². The van der Waals surface area contributed by atoms with Gasteiger partial charge in [0.15, 0.2) is 0 Å². The summed E-state index contributed by atoms with van der Waals surface area (Å²) >= 11 is 0. The summed E-state index contributed by atoms with van der Waals surface area (Å²) in [7, 11) is 1.79. The van der Waals surface area contributed by atoms with Gasteiger partial charge >= 0.3 is 0 Å². The maximum absolute atomic E-state index is 10.0. The van der Waals surface area contributed by atoms with Gasteiger partial charge in [-0.3, -0.25) is 0 Å². The highest BCUT2D eigenvalue weighted by Gasteiger charge is 2.33. The minimum absolute atomic E-state index is 0.177. The van der Waals surface area contributed by atoms with Crippen LogP contribution in [-0.2, 0) is 4.74 Å². The highest BCUT2D eigenvalue weighted by molar-refractivity contribution is 6.10. The summed E-state index contributed by atoms with van der Waals surface area (Å²) in [5.41, 5.74) is 7.20. The summed E-state index contributed by atoms with van der Waals surface area (Å²) in [4.78, 5) is 7.37. The minimum Gasteiger partial charge on any atom is -0.491 e.